The molecule has 3 rings (SSSR count). The van der Waals surface area contributed by atoms with E-state index in [1.807, 2.05) is 6.07 Å². The maximum atomic E-state index is 12.6. The zero-order valence-electron chi connectivity index (χ0n) is 18.0. The fraction of sp³-hybridized carbons (Fsp3) is 0.217. The van der Waals surface area contributed by atoms with E-state index in [1.165, 1.54) is 36.1 Å². The molecule has 3 aromatic rings. The summed E-state index contributed by atoms with van der Waals surface area (Å²) in [4.78, 5) is 24.8. The summed E-state index contributed by atoms with van der Waals surface area (Å²) in [5.74, 6) is -2.46. The Hall–Kier alpha value is -3.95. The van der Waals surface area contributed by atoms with Gasteiger partial charge in [0.15, 0.2) is 0 Å². The summed E-state index contributed by atoms with van der Waals surface area (Å²) in [5, 5.41) is 19.2. The molecule has 33 heavy (non-hydrogen) atoms. The molecule has 2 aromatic carbocycles. The van der Waals surface area contributed by atoms with Crippen LogP contribution < -0.4 is 9.64 Å². The lowest BCUT2D eigenvalue weighted by atomic mass is 10.1. The number of nitrogens with zero attached hydrogens (tertiary/aromatic N) is 2. The first-order chi connectivity index (χ1) is 15.4. The van der Waals surface area contributed by atoms with Gasteiger partial charge in [-0.25, -0.2) is 4.79 Å². The fourth-order valence-corrected chi connectivity index (χ4v) is 3.63. The number of anilines is 1. The molecule has 1 heterocycles. The number of hydrogen-bond acceptors (Lipinski definition) is 4. The van der Waals surface area contributed by atoms with Crippen LogP contribution in [0.3, 0.4) is 0 Å². The van der Waals surface area contributed by atoms with Gasteiger partial charge in [-0.1, -0.05) is 6.07 Å². The van der Waals surface area contributed by atoms with Crippen LogP contribution in [0.2, 0.25) is 0 Å². The Labute approximate surface area is 187 Å². The number of carbonyl (C=O) groups is 2. The van der Waals surface area contributed by atoms with Gasteiger partial charge in [0.1, 0.15) is 17.1 Å². The van der Waals surface area contributed by atoms with Crippen molar-refractivity contribution in [1.29, 1.82) is 0 Å². The van der Waals surface area contributed by atoms with Gasteiger partial charge >= 0.3 is 12.3 Å². The predicted molar refractivity (Wildman–Crippen MR) is 114 cm³/mol. The molecule has 0 fully saturated rings. The van der Waals surface area contributed by atoms with Crippen LogP contribution in [0.4, 0.5) is 18.9 Å². The Kier molecular flexibility index (Phi) is 6.39. The minimum atomic E-state index is -4.85. The standard InChI is InChI=1S/C23H21F3N2O5/c1-13-9-16(14(2)28(13)18-7-8-20(22(31)32)21(30)11-18)12-27(15(3)29)17-5-4-6-19(10-17)33-23(24,25)26/h4-11,30H,12H2,1-3H3,(H,31,32). The molecule has 10 heteroatoms. The van der Waals surface area contributed by atoms with Crippen LogP contribution in [0.15, 0.2) is 48.5 Å². The average Bonchev–Trinajstić information content (AvgIpc) is 2.97. The van der Waals surface area contributed by atoms with Crippen molar-refractivity contribution in [2.24, 2.45) is 0 Å². The Bertz CT molecular complexity index is 1220. The number of carboxylic acid groups (broad SMARTS) is 1. The van der Waals surface area contributed by atoms with E-state index < -0.39 is 18.1 Å². The number of amides is 1. The normalized spacial score (nSPS) is 11.3. The molecule has 0 saturated carbocycles. The van der Waals surface area contributed by atoms with E-state index in [0.29, 0.717) is 16.9 Å². The lowest BCUT2D eigenvalue weighted by Crippen LogP contribution is -2.28. The molecular weight excluding hydrogens is 441 g/mol. The summed E-state index contributed by atoms with van der Waals surface area (Å²) in [6.07, 6.45) is -4.85. The highest BCUT2D eigenvalue weighted by molar-refractivity contribution is 5.92. The summed E-state index contributed by atoms with van der Waals surface area (Å²) in [5.41, 5.74) is 2.70. The number of aromatic carboxylic acids is 1. The molecule has 0 unspecified atom stereocenters. The van der Waals surface area contributed by atoms with Crippen molar-refractivity contribution in [1.82, 2.24) is 4.57 Å². The van der Waals surface area contributed by atoms with Crippen molar-refractivity contribution < 1.29 is 37.7 Å². The third kappa shape index (κ3) is 5.28. The van der Waals surface area contributed by atoms with Crippen molar-refractivity contribution in [3.05, 3.63) is 71.0 Å². The first-order valence-electron chi connectivity index (χ1n) is 9.76. The van der Waals surface area contributed by atoms with Crippen LogP contribution in [0, 0.1) is 13.8 Å². The monoisotopic (exact) mass is 462 g/mol. The van der Waals surface area contributed by atoms with Gasteiger partial charge < -0.3 is 24.4 Å². The number of halogens is 3. The maximum absolute atomic E-state index is 12.6. The Balaban J connectivity index is 1.96. The Morgan fingerprint density at radius 1 is 1.09 bits per heavy atom. The van der Waals surface area contributed by atoms with Gasteiger partial charge in [-0.3, -0.25) is 4.79 Å². The summed E-state index contributed by atoms with van der Waals surface area (Å²) in [6.45, 7) is 4.96. The number of phenols is 1. The van der Waals surface area contributed by atoms with Gasteiger partial charge in [-0.05, 0) is 49.7 Å². The van der Waals surface area contributed by atoms with Crippen molar-refractivity contribution in [3.63, 3.8) is 0 Å². The van der Waals surface area contributed by atoms with E-state index in [1.54, 1.807) is 24.5 Å². The van der Waals surface area contributed by atoms with Crippen molar-refractivity contribution in [3.8, 4) is 17.2 Å². The lowest BCUT2D eigenvalue weighted by Gasteiger charge is -2.22. The zero-order chi connectivity index (χ0) is 24.5. The Morgan fingerprint density at radius 2 is 1.79 bits per heavy atom. The van der Waals surface area contributed by atoms with Gasteiger partial charge in [0.25, 0.3) is 0 Å². The third-order valence-corrected chi connectivity index (χ3v) is 5.08. The van der Waals surface area contributed by atoms with Crippen LogP contribution in [0.5, 0.6) is 11.5 Å². The number of carbonyl (C=O) groups excluding carboxylic acids is 1. The smallest absolute Gasteiger partial charge is 0.507 e. The van der Waals surface area contributed by atoms with E-state index in [4.69, 9.17) is 5.11 Å². The lowest BCUT2D eigenvalue weighted by molar-refractivity contribution is -0.274. The highest BCUT2D eigenvalue weighted by atomic mass is 19.4. The van der Waals surface area contributed by atoms with Gasteiger partial charge in [-0.2, -0.15) is 0 Å². The molecule has 0 aliphatic heterocycles. The number of rotatable bonds is 6. The van der Waals surface area contributed by atoms with Crippen LogP contribution in [0.1, 0.15) is 34.2 Å². The van der Waals surface area contributed by atoms with Crippen LogP contribution in [-0.4, -0.2) is 33.0 Å². The van der Waals surface area contributed by atoms with Gasteiger partial charge in [0.05, 0.1) is 6.54 Å². The molecule has 0 bridgehead atoms. The highest BCUT2D eigenvalue weighted by Crippen LogP contribution is 2.30. The molecule has 7 nitrogen and oxygen atoms in total. The number of aryl methyl sites for hydroxylation is 1. The van der Waals surface area contributed by atoms with Crippen molar-refractivity contribution in [2.75, 3.05) is 4.90 Å². The molecule has 0 atom stereocenters. The molecular formula is C23H21F3N2O5. The third-order valence-electron chi connectivity index (χ3n) is 5.08. The summed E-state index contributed by atoms with van der Waals surface area (Å²) in [7, 11) is 0. The summed E-state index contributed by atoms with van der Waals surface area (Å²) >= 11 is 0. The molecule has 0 saturated heterocycles. The van der Waals surface area contributed by atoms with Crippen molar-refractivity contribution >= 4 is 17.6 Å². The fourth-order valence-electron chi connectivity index (χ4n) is 3.63. The quantitative estimate of drug-likeness (QED) is 0.541. The van der Waals surface area contributed by atoms with E-state index in [0.717, 1.165) is 17.8 Å². The molecule has 1 aromatic heterocycles. The minimum Gasteiger partial charge on any atom is -0.507 e. The Morgan fingerprint density at radius 3 is 2.36 bits per heavy atom. The van der Waals surface area contributed by atoms with E-state index >= 15 is 0 Å². The molecule has 1 amide bonds. The maximum Gasteiger partial charge on any atom is 0.573 e. The van der Waals surface area contributed by atoms with Gasteiger partial charge in [-0.15, -0.1) is 13.2 Å². The zero-order valence-corrected chi connectivity index (χ0v) is 18.0. The second-order valence-corrected chi connectivity index (χ2v) is 7.39. The molecule has 174 valence electrons. The molecule has 0 spiro atoms. The number of benzene rings is 2. The minimum absolute atomic E-state index is 0.0731. The molecule has 2 N–H and O–H groups in total. The SMILES string of the molecule is CC(=O)N(Cc1cc(C)n(-c2ccc(C(=O)O)c(O)c2)c1C)c1cccc(OC(F)(F)F)c1. The number of hydrogen-bond donors (Lipinski definition) is 2. The first kappa shape index (κ1) is 23.7. The largest absolute Gasteiger partial charge is 0.573 e. The molecule has 0 radical (unpaired) electrons. The molecule has 0 aliphatic carbocycles. The van der Waals surface area contributed by atoms with E-state index in [-0.39, 0.29) is 29.5 Å². The second kappa shape index (κ2) is 8.89. The van der Waals surface area contributed by atoms with Crippen LogP contribution in [-0.2, 0) is 11.3 Å². The second-order valence-electron chi connectivity index (χ2n) is 7.39. The number of ether oxygens (including phenoxy) is 1. The van der Waals surface area contributed by atoms with E-state index in [9.17, 15) is 27.9 Å². The number of alkyl halides is 3. The van der Waals surface area contributed by atoms with E-state index in [2.05, 4.69) is 4.74 Å². The average molecular weight is 462 g/mol. The van der Waals surface area contributed by atoms with Crippen LogP contribution >= 0.6 is 0 Å². The summed E-state index contributed by atoms with van der Waals surface area (Å²) < 4.78 is 43.5. The van der Waals surface area contributed by atoms with Crippen LogP contribution in [0.25, 0.3) is 5.69 Å². The number of aromatic nitrogens is 1. The van der Waals surface area contributed by atoms with Crippen molar-refractivity contribution in [2.45, 2.75) is 33.7 Å². The summed E-state index contributed by atoms with van der Waals surface area (Å²) in [6, 6.07) is 11.1. The topological polar surface area (TPSA) is 92.0 Å². The van der Waals surface area contributed by atoms with Gasteiger partial charge in [0.2, 0.25) is 5.91 Å². The molecule has 0 aliphatic rings. The predicted octanol–water partition coefficient (Wildman–Crippen LogP) is 4.95. The number of carboxylic acids is 1. The number of aromatic hydroxyl groups is 1. The highest BCUT2D eigenvalue weighted by Gasteiger charge is 2.31. The van der Waals surface area contributed by atoms with Gasteiger partial charge in [0, 0.05) is 41.8 Å². The first-order valence-corrected chi connectivity index (χ1v) is 9.76.